The Labute approximate surface area is 79.8 Å². The van der Waals surface area contributed by atoms with E-state index in [1.807, 2.05) is 0 Å². The molecule has 0 unspecified atom stereocenters. The summed E-state index contributed by atoms with van der Waals surface area (Å²) in [5, 5.41) is 11.7. The summed E-state index contributed by atoms with van der Waals surface area (Å²) in [7, 11) is 0. The number of aromatic carboxylic acids is 1. The first-order chi connectivity index (χ1) is 6.66. The molecular weight excluding hydrogens is 187 g/mol. The van der Waals surface area contributed by atoms with Gasteiger partial charge in [-0.1, -0.05) is 0 Å². The van der Waals surface area contributed by atoms with E-state index < -0.39 is 11.8 Å². The van der Waals surface area contributed by atoms with Gasteiger partial charge in [-0.15, -0.1) is 0 Å². The Hall–Kier alpha value is -1.65. The van der Waals surface area contributed by atoms with Crippen molar-refractivity contribution in [3.05, 3.63) is 23.6 Å². The number of halogens is 1. The van der Waals surface area contributed by atoms with Gasteiger partial charge in [0.25, 0.3) is 0 Å². The van der Waals surface area contributed by atoms with Gasteiger partial charge < -0.3 is 10.4 Å². The number of carboxylic acids is 1. The van der Waals surface area contributed by atoms with Crippen LogP contribution >= 0.6 is 0 Å². The van der Waals surface area contributed by atoms with E-state index in [0.29, 0.717) is 6.04 Å². The second kappa shape index (κ2) is 3.25. The Morgan fingerprint density at radius 2 is 2.36 bits per heavy atom. The molecule has 1 aromatic rings. The number of carboxylic acid groups (broad SMARTS) is 1. The summed E-state index contributed by atoms with van der Waals surface area (Å²) in [6.07, 6.45) is 3.04. The minimum absolute atomic E-state index is 0.114. The van der Waals surface area contributed by atoms with E-state index in [-0.39, 0.29) is 11.4 Å². The van der Waals surface area contributed by atoms with Gasteiger partial charge in [0.05, 0.1) is 6.20 Å². The maximum Gasteiger partial charge on any atom is 0.339 e. The van der Waals surface area contributed by atoms with Gasteiger partial charge in [0, 0.05) is 6.04 Å². The van der Waals surface area contributed by atoms with Crippen molar-refractivity contribution < 1.29 is 14.3 Å². The van der Waals surface area contributed by atoms with Gasteiger partial charge >= 0.3 is 5.97 Å². The van der Waals surface area contributed by atoms with Crippen LogP contribution in [0.3, 0.4) is 0 Å². The highest BCUT2D eigenvalue weighted by atomic mass is 19.1. The summed E-state index contributed by atoms with van der Waals surface area (Å²) in [6.45, 7) is 0. The van der Waals surface area contributed by atoms with Crippen LogP contribution in [0.4, 0.5) is 10.2 Å². The number of carbonyl (C=O) groups is 1. The van der Waals surface area contributed by atoms with E-state index in [2.05, 4.69) is 10.3 Å². The molecular formula is C9H9FN2O2. The average Bonchev–Trinajstić information content (AvgIpc) is 2.91. The summed E-state index contributed by atoms with van der Waals surface area (Å²) in [6, 6.07) is 1.27. The molecule has 14 heavy (non-hydrogen) atoms. The largest absolute Gasteiger partial charge is 0.478 e. The fourth-order valence-electron chi connectivity index (χ4n) is 1.14. The highest BCUT2D eigenvalue weighted by Gasteiger charge is 2.24. The van der Waals surface area contributed by atoms with E-state index in [0.717, 1.165) is 25.1 Å². The molecule has 0 aromatic carbocycles. The molecule has 1 aliphatic carbocycles. The lowest BCUT2D eigenvalue weighted by atomic mass is 10.2. The zero-order valence-corrected chi connectivity index (χ0v) is 7.33. The number of pyridine rings is 1. The third-order valence-electron chi connectivity index (χ3n) is 2.00. The first kappa shape index (κ1) is 8.93. The summed E-state index contributed by atoms with van der Waals surface area (Å²) >= 11 is 0. The third-order valence-corrected chi connectivity index (χ3v) is 2.00. The van der Waals surface area contributed by atoms with Crippen LogP contribution in [0.5, 0.6) is 0 Å². The lowest BCUT2D eigenvalue weighted by Crippen LogP contribution is -2.10. The summed E-state index contributed by atoms with van der Waals surface area (Å²) in [5.74, 6) is -1.55. The molecule has 0 spiro atoms. The molecule has 1 heterocycles. The SMILES string of the molecule is O=C(O)c1cc(F)cnc1NC1CC1. The molecule has 2 N–H and O–H groups in total. The molecule has 0 radical (unpaired) electrons. The zero-order valence-electron chi connectivity index (χ0n) is 7.33. The van der Waals surface area contributed by atoms with E-state index in [9.17, 15) is 9.18 Å². The lowest BCUT2D eigenvalue weighted by molar-refractivity contribution is 0.0697. The fraction of sp³-hybridized carbons (Fsp3) is 0.333. The van der Waals surface area contributed by atoms with Crippen LogP contribution in [0.1, 0.15) is 23.2 Å². The normalized spacial score (nSPS) is 15.2. The standard InChI is InChI=1S/C9H9FN2O2/c10-5-3-7(9(13)14)8(11-4-5)12-6-1-2-6/h3-4,6H,1-2H2,(H,11,12)(H,13,14). The molecule has 1 aliphatic rings. The van der Waals surface area contributed by atoms with Gasteiger partial charge in [-0.3, -0.25) is 0 Å². The molecule has 1 aromatic heterocycles. The molecule has 74 valence electrons. The van der Waals surface area contributed by atoms with Crippen LogP contribution in [-0.2, 0) is 0 Å². The Bertz CT molecular complexity index is 377. The number of anilines is 1. The minimum atomic E-state index is -1.17. The quantitative estimate of drug-likeness (QED) is 0.768. The Kier molecular flexibility index (Phi) is 2.07. The number of nitrogens with one attached hydrogen (secondary N) is 1. The van der Waals surface area contributed by atoms with Crippen LogP contribution in [0.2, 0.25) is 0 Å². The van der Waals surface area contributed by atoms with Gasteiger partial charge in [-0.25, -0.2) is 14.2 Å². The van der Waals surface area contributed by atoms with E-state index in [4.69, 9.17) is 5.11 Å². The first-order valence-electron chi connectivity index (χ1n) is 4.32. The van der Waals surface area contributed by atoms with E-state index in [1.54, 1.807) is 0 Å². The molecule has 1 fully saturated rings. The van der Waals surface area contributed by atoms with Gasteiger partial charge in [-0.05, 0) is 18.9 Å². The number of nitrogens with zero attached hydrogens (tertiary/aromatic N) is 1. The number of hydrogen-bond acceptors (Lipinski definition) is 3. The van der Waals surface area contributed by atoms with Crippen LogP contribution in [-0.4, -0.2) is 22.1 Å². The van der Waals surface area contributed by atoms with Crippen molar-refractivity contribution >= 4 is 11.8 Å². The monoisotopic (exact) mass is 196 g/mol. The number of aromatic nitrogens is 1. The molecule has 2 rings (SSSR count). The van der Waals surface area contributed by atoms with Crippen molar-refractivity contribution in [2.75, 3.05) is 5.32 Å². The highest BCUT2D eigenvalue weighted by molar-refractivity contribution is 5.93. The number of hydrogen-bond donors (Lipinski definition) is 2. The van der Waals surface area contributed by atoms with Crippen LogP contribution < -0.4 is 5.32 Å². The third kappa shape index (κ3) is 1.81. The maximum atomic E-state index is 12.7. The van der Waals surface area contributed by atoms with Crippen molar-refractivity contribution in [1.82, 2.24) is 4.98 Å². The predicted molar refractivity (Wildman–Crippen MR) is 47.8 cm³/mol. The molecule has 1 saturated carbocycles. The Morgan fingerprint density at radius 3 is 2.93 bits per heavy atom. The Balaban J connectivity index is 2.31. The van der Waals surface area contributed by atoms with Gasteiger partial charge in [0.15, 0.2) is 0 Å². The number of rotatable bonds is 3. The summed E-state index contributed by atoms with van der Waals surface area (Å²) in [5.41, 5.74) is -0.114. The maximum absolute atomic E-state index is 12.7. The van der Waals surface area contributed by atoms with Crippen molar-refractivity contribution in [1.29, 1.82) is 0 Å². The predicted octanol–water partition coefficient (Wildman–Crippen LogP) is 1.49. The molecule has 0 atom stereocenters. The van der Waals surface area contributed by atoms with Crippen LogP contribution in [0.15, 0.2) is 12.3 Å². The molecule has 5 heteroatoms. The zero-order chi connectivity index (χ0) is 10.1. The van der Waals surface area contributed by atoms with Crippen molar-refractivity contribution in [2.24, 2.45) is 0 Å². The van der Waals surface area contributed by atoms with Crippen molar-refractivity contribution in [2.45, 2.75) is 18.9 Å². The second-order valence-electron chi connectivity index (χ2n) is 3.27. The lowest BCUT2D eigenvalue weighted by Gasteiger charge is -2.06. The Morgan fingerprint density at radius 1 is 1.64 bits per heavy atom. The topological polar surface area (TPSA) is 62.2 Å². The fourth-order valence-corrected chi connectivity index (χ4v) is 1.14. The van der Waals surface area contributed by atoms with Crippen molar-refractivity contribution in [3.8, 4) is 0 Å². The average molecular weight is 196 g/mol. The molecule has 0 bridgehead atoms. The van der Waals surface area contributed by atoms with E-state index in [1.165, 1.54) is 0 Å². The summed E-state index contributed by atoms with van der Waals surface area (Å²) in [4.78, 5) is 14.4. The first-order valence-corrected chi connectivity index (χ1v) is 4.32. The van der Waals surface area contributed by atoms with Gasteiger partial charge in [0.1, 0.15) is 17.2 Å². The van der Waals surface area contributed by atoms with Crippen LogP contribution in [0, 0.1) is 5.82 Å². The van der Waals surface area contributed by atoms with Crippen LogP contribution in [0.25, 0.3) is 0 Å². The van der Waals surface area contributed by atoms with Crippen molar-refractivity contribution in [3.63, 3.8) is 0 Å². The van der Waals surface area contributed by atoms with Gasteiger partial charge in [0.2, 0.25) is 0 Å². The smallest absolute Gasteiger partial charge is 0.339 e. The molecule has 0 saturated heterocycles. The minimum Gasteiger partial charge on any atom is -0.478 e. The second-order valence-corrected chi connectivity index (χ2v) is 3.27. The van der Waals surface area contributed by atoms with E-state index >= 15 is 0 Å². The molecule has 0 amide bonds. The molecule has 0 aliphatic heterocycles. The highest BCUT2D eigenvalue weighted by Crippen LogP contribution is 2.25. The summed E-state index contributed by atoms with van der Waals surface area (Å²) < 4.78 is 12.7. The van der Waals surface area contributed by atoms with Gasteiger partial charge in [-0.2, -0.15) is 0 Å². The molecule has 4 nitrogen and oxygen atoms in total.